The minimum absolute atomic E-state index is 0.00861. The number of nitrogens with one attached hydrogen (secondary N) is 2. The summed E-state index contributed by atoms with van der Waals surface area (Å²) in [5, 5.41) is 5.42. The van der Waals surface area contributed by atoms with Crippen LogP contribution in [0.25, 0.3) is 0 Å². The van der Waals surface area contributed by atoms with Crippen LogP contribution < -0.4 is 10.6 Å². The Morgan fingerprint density at radius 1 is 0.714 bits per heavy atom. The fourth-order valence-corrected chi connectivity index (χ4v) is 2.68. The maximum Gasteiger partial charge on any atom is 0.329 e. The van der Waals surface area contributed by atoms with Crippen LogP contribution in [0.15, 0.2) is 0 Å². The Bertz CT molecular complexity index is 559. The van der Waals surface area contributed by atoms with E-state index >= 15 is 0 Å². The summed E-state index contributed by atoms with van der Waals surface area (Å²) in [7, 11) is 1.64. The fraction of sp³-hybridized carbons (Fsp3) is 0.800. The first-order valence-electron chi connectivity index (χ1n) is 9.72. The van der Waals surface area contributed by atoms with Gasteiger partial charge in [0.05, 0.1) is 0 Å². The van der Waals surface area contributed by atoms with E-state index in [0.29, 0.717) is 0 Å². The Morgan fingerprint density at radius 3 is 1.54 bits per heavy atom. The minimum Gasteiger partial charge on any atom is -0.453 e. The molecule has 4 atom stereocenters. The van der Waals surface area contributed by atoms with E-state index in [-0.39, 0.29) is 23.5 Å². The van der Waals surface area contributed by atoms with Crippen LogP contribution in [0.2, 0.25) is 0 Å². The molecule has 28 heavy (non-hydrogen) atoms. The summed E-state index contributed by atoms with van der Waals surface area (Å²) in [6, 6.07) is -1.50. The van der Waals surface area contributed by atoms with Gasteiger partial charge < -0.3 is 20.1 Å². The summed E-state index contributed by atoms with van der Waals surface area (Å²) in [6.45, 7) is 13.6. The highest BCUT2D eigenvalue weighted by molar-refractivity contribution is 5.90. The van der Waals surface area contributed by atoms with E-state index in [1.807, 2.05) is 13.8 Å². The predicted octanol–water partition coefficient (Wildman–Crippen LogP) is 1.46. The molecule has 0 aromatic carbocycles. The van der Waals surface area contributed by atoms with Gasteiger partial charge in [-0.3, -0.25) is 14.4 Å². The molecule has 0 aromatic heterocycles. The van der Waals surface area contributed by atoms with Crippen molar-refractivity contribution in [3.05, 3.63) is 0 Å². The molecule has 0 rings (SSSR count). The van der Waals surface area contributed by atoms with Crippen molar-refractivity contribution in [2.24, 2.45) is 17.8 Å². The molecular weight excluding hydrogens is 364 g/mol. The molecule has 0 saturated carbocycles. The lowest BCUT2D eigenvalue weighted by Gasteiger charge is -2.26. The van der Waals surface area contributed by atoms with Crippen LogP contribution in [0, 0.1) is 17.8 Å². The van der Waals surface area contributed by atoms with Gasteiger partial charge in [0.2, 0.25) is 0 Å². The van der Waals surface area contributed by atoms with Gasteiger partial charge in [-0.2, -0.15) is 0 Å². The molecule has 2 N–H and O–H groups in total. The lowest BCUT2D eigenvalue weighted by atomic mass is 10.0. The molecule has 162 valence electrons. The van der Waals surface area contributed by atoms with E-state index in [2.05, 4.69) is 10.6 Å². The average molecular weight is 401 g/mol. The van der Waals surface area contributed by atoms with Crippen molar-refractivity contribution < 1.29 is 28.7 Å². The topological polar surface area (TPSA) is 111 Å². The lowest BCUT2D eigenvalue weighted by molar-refractivity contribution is -0.163. The number of likely N-dealkylation sites (N-methyl/N-ethyl adjacent to an activating group) is 1. The fourth-order valence-electron chi connectivity index (χ4n) is 2.68. The zero-order valence-electron chi connectivity index (χ0n) is 18.5. The van der Waals surface area contributed by atoms with Crippen molar-refractivity contribution in [2.45, 2.75) is 79.7 Å². The van der Waals surface area contributed by atoms with E-state index in [0.717, 1.165) is 0 Å². The molecular formula is C20H36N2O6. The third kappa shape index (κ3) is 7.96. The highest BCUT2D eigenvalue weighted by atomic mass is 16.6. The number of carbonyl (C=O) groups is 4. The van der Waals surface area contributed by atoms with Crippen LogP contribution in [0.3, 0.4) is 0 Å². The molecule has 4 unspecified atom stereocenters. The Hall–Kier alpha value is -1.96. The van der Waals surface area contributed by atoms with Gasteiger partial charge in [-0.1, -0.05) is 41.5 Å². The first-order chi connectivity index (χ1) is 12.8. The molecule has 8 heteroatoms. The number of carbonyl (C=O) groups excluding carboxylic acids is 4. The number of esters is 2. The van der Waals surface area contributed by atoms with Gasteiger partial charge >= 0.3 is 11.9 Å². The molecule has 0 heterocycles. The molecule has 0 aromatic rings. The average Bonchev–Trinajstić information content (AvgIpc) is 2.56. The number of amides is 1. The normalized spacial score (nSPS) is 15.7. The molecule has 0 spiro atoms. The van der Waals surface area contributed by atoms with Crippen LogP contribution in [-0.4, -0.2) is 55.0 Å². The Labute approximate surface area is 168 Å². The standard InChI is InChI=1S/C20H36N2O6/c1-10(2)15(21-9)19(25)27-14(8)18(24)22-16(11(3)4)20(26)28-17(12(5)6)13(7)23/h10-12,14-17,21H,1-9H3,(H,22,24). The van der Waals surface area contributed by atoms with Gasteiger partial charge in [0.15, 0.2) is 18.0 Å². The third-order valence-corrected chi connectivity index (χ3v) is 4.36. The van der Waals surface area contributed by atoms with Gasteiger partial charge in [0.1, 0.15) is 12.1 Å². The van der Waals surface area contributed by atoms with Crippen molar-refractivity contribution in [3.63, 3.8) is 0 Å². The van der Waals surface area contributed by atoms with E-state index in [1.165, 1.54) is 13.8 Å². The Kier molecular flexibility index (Phi) is 11.0. The molecule has 0 bridgehead atoms. The maximum atomic E-state index is 12.5. The maximum absolute atomic E-state index is 12.5. The van der Waals surface area contributed by atoms with Crippen molar-refractivity contribution in [2.75, 3.05) is 7.05 Å². The van der Waals surface area contributed by atoms with Crippen LogP contribution in [0.4, 0.5) is 0 Å². The van der Waals surface area contributed by atoms with Crippen LogP contribution in [0.1, 0.15) is 55.4 Å². The number of ketones is 1. The number of rotatable bonds is 11. The van der Waals surface area contributed by atoms with E-state index in [4.69, 9.17) is 9.47 Å². The summed E-state index contributed by atoms with van der Waals surface area (Å²) < 4.78 is 10.5. The summed E-state index contributed by atoms with van der Waals surface area (Å²) in [5.74, 6) is -2.56. The minimum atomic E-state index is -1.08. The molecule has 1 amide bonds. The summed E-state index contributed by atoms with van der Waals surface area (Å²) in [6.07, 6.45) is -1.95. The number of hydrogen-bond donors (Lipinski definition) is 2. The number of ether oxygens (including phenoxy) is 2. The molecule has 0 fully saturated rings. The molecule has 0 saturated heterocycles. The smallest absolute Gasteiger partial charge is 0.329 e. The Morgan fingerprint density at radius 2 is 1.18 bits per heavy atom. The van der Waals surface area contributed by atoms with E-state index in [1.54, 1.807) is 34.7 Å². The molecule has 0 aliphatic rings. The second kappa shape index (κ2) is 11.8. The quantitative estimate of drug-likeness (QED) is 0.505. The monoisotopic (exact) mass is 400 g/mol. The molecule has 0 aliphatic heterocycles. The predicted molar refractivity (Wildman–Crippen MR) is 105 cm³/mol. The second-order valence-corrected chi connectivity index (χ2v) is 8.03. The first kappa shape index (κ1) is 26.0. The highest BCUT2D eigenvalue weighted by Crippen LogP contribution is 2.13. The van der Waals surface area contributed by atoms with Gasteiger partial charge in [-0.15, -0.1) is 0 Å². The van der Waals surface area contributed by atoms with Crippen LogP contribution in [0.5, 0.6) is 0 Å². The zero-order chi connectivity index (χ0) is 22.2. The van der Waals surface area contributed by atoms with Crippen LogP contribution >= 0.6 is 0 Å². The largest absolute Gasteiger partial charge is 0.453 e. The Balaban J connectivity index is 5.08. The highest BCUT2D eigenvalue weighted by Gasteiger charge is 2.33. The van der Waals surface area contributed by atoms with Crippen molar-refractivity contribution >= 4 is 23.6 Å². The van der Waals surface area contributed by atoms with Crippen molar-refractivity contribution in [1.29, 1.82) is 0 Å². The molecule has 0 radical (unpaired) electrons. The first-order valence-corrected chi connectivity index (χ1v) is 9.72. The zero-order valence-corrected chi connectivity index (χ0v) is 18.5. The lowest BCUT2D eigenvalue weighted by Crippen LogP contribution is -2.51. The second-order valence-electron chi connectivity index (χ2n) is 8.03. The summed E-state index contributed by atoms with van der Waals surface area (Å²) in [5.41, 5.74) is 0. The van der Waals surface area contributed by atoms with Gasteiger partial charge in [-0.25, -0.2) is 4.79 Å². The SMILES string of the molecule is CNC(C(=O)OC(C)C(=O)NC(C(=O)OC(C(C)=O)C(C)C)C(C)C)C(C)C. The summed E-state index contributed by atoms with van der Waals surface area (Å²) >= 11 is 0. The number of hydrogen-bond acceptors (Lipinski definition) is 7. The third-order valence-electron chi connectivity index (χ3n) is 4.36. The van der Waals surface area contributed by atoms with E-state index in [9.17, 15) is 19.2 Å². The van der Waals surface area contributed by atoms with Crippen LogP contribution in [-0.2, 0) is 28.7 Å². The van der Waals surface area contributed by atoms with E-state index < -0.39 is 42.1 Å². The van der Waals surface area contributed by atoms with Gasteiger partial charge in [-0.05, 0) is 38.6 Å². The van der Waals surface area contributed by atoms with Gasteiger partial charge in [0.25, 0.3) is 5.91 Å². The number of Topliss-reactive ketones (excluding diaryl/α,β-unsaturated/α-hetero) is 1. The molecule has 8 nitrogen and oxygen atoms in total. The van der Waals surface area contributed by atoms with Crippen molar-refractivity contribution in [3.8, 4) is 0 Å². The summed E-state index contributed by atoms with van der Waals surface area (Å²) in [4.78, 5) is 48.8. The molecule has 0 aliphatic carbocycles. The van der Waals surface area contributed by atoms with Gasteiger partial charge in [0, 0.05) is 0 Å². The van der Waals surface area contributed by atoms with Crippen molar-refractivity contribution in [1.82, 2.24) is 10.6 Å².